The molecular formula is C18H23FIN7. The van der Waals surface area contributed by atoms with Crippen LogP contribution in [0.3, 0.4) is 0 Å². The molecule has 1 aromatic carbocycles. The predicted octanol–water partition coefficient (Wildman–Crippen LogP) is 2.24. The van der Waals surface area contributed by atoms with Gasteiger partial charge in [-0.2, -0.15) is 5.10 Å². The molecule has 3 N–H and O–H groups in total. The third kappa shape index (κ3) is 4.40. The fourth-order valence-corrected chi connectivity index (χ4v) is 3.42. The van der Waals surface area contributed by atoms with Gasteiger partial charge in [-0.1, -0.05) is 0 Å². The van der Waals surface area contributed by atoms with Gasteiger partial charge in [-0.15, -0.1) is 24.0 Å². The Morgan fingerprint density at radius 2 is 2.33 bits per heavy atom. The summed E-state index contributed by atoms with van der Waals surface area (Å²) in [5.41, 5.74) is 2.04. The number of guanidine groups is 1. The normalized spacial score (nSPS) is 16.7. The SMILES string of the molecule is CN=C(NCCc1c[nH]c2ccc(F)cc12)NC1CCc2ncnn2C1.I. The smallest absolute Gasteiger partial charge is 0.191 e. The monoisotopic (exact) mass is 483 g/mol. The van der Waals surface area contributed by atoms with Crippen molar-refractivity contribution in [3.63, 3.8) is 0 Å². The third-order valence-electron chi connectivity index (χ3n) is 4.79. The predicted molar refractivity (Wildman–Crippen MR) is 114 cm³/mol. The molecule has 7 nitrogen and oxygen atoms in total. The van der Waals surface area contributed by atoms with E-state index < -0.39 is 0 Å². The number of nitrogens with one attached hydrogen (secondary N) is 3. The number of fused-ring (bicyclic) bond motifs is 2. The maximum atomic E-state index is 13.5. The summed E-state index contributed by atoms with van der Waals surface area (Å²) in [6, 6.07) is 5.09. The van der Waals surface area contributed by atoms with Gasteiger partial charge in [0.15, 0.2) is 5.96 Å². The molecule has 0 radical (unpaired) electrons. The van der Waals surface area contributed by atoms with Crippen molar-refractivity contribution in [1.82, 2.24) is 30.4 Å². The minimum Gasteiger partial charge on any atom is -0.361 e. The van der Waals surface area contributed by atoms with E-state index in [0.29, 0.717) is 6.54 Å². The number of rotatable bonds is 4. The molecule has 4 rings (SSSR count). The Balaban J connectivity index is 0.00000210. The van der Waals surface area contributed by atoms with Crippen LogP contribution in [0, 0.1) is 5.82 Å². The van der Waals surface area contributed by atoms with Crippen LogP contribution in [-0.2, 0) is 19.4 Å². The van der Waals surface area contributed by atoms with E-state index in [1.165, 1.54) is 6.07 Å². The average molecular weight is 483 g/mol. The third-order valence-corrected chi connectivity index (χ3v) is 4.79. The van der Waals surface area contributed by atoms with E-state index in [4.69, 9.17) is 0 Å². The fraction of sp³-hybridized carbons (Fsp3) is 0.389. The minimum absolute atomic E-state index is 0. The average Bonchev–Trinajstić information content (AvgIpc) is 3.27. The quantitative estimate of drug-likeness (QED) is 0.302. The van der Waals surface area contributed by atoms with Crippen molar-refractivity contribution in [2.45, 2.75) is 31.8 Å². The van der Waals surface area contributed by atoms with Crippen LogP contribution < -0.4 is 10.6 Å². The molecule has 1 unspecified atom stereocenters. The molecule has 0 saturated heterocycles. The summed E-state index contributed by atoms with van der Waals surface area (Å²) in [7, 11) is 1.76. The van der Waals surface area contributed by atoms with E-state index in [1.807, 2.05) is 10.9 Å². The Kier molecular flexibility index (Phi) is 6.30. The van der Waals surface area contributed by atoms with Crippen LogP contribution in [0.2, 0.25) is 0 Å². The number of hydrogen-bond donors (Lipinski definition) is 3. The van der Waals surface area contributed by atoms with E-state index in [2.05, 4.69) is 30.7 Å². The maximum absolute atomic E-state index is 13.5. The molecule has 0 bridgehead atoms. The van der Waals surface area contributed by atoms with Gasteiger partial charge < -0.3 is 15.6 Å². The Hall–Kier alpha value is -2.17. The van der Waals surface area contributed by atoms with E-state index in [-0.39, 0.29) is 35.8 Å². The number of hydrogen-bond acceptors (Lipinski definition) is 3. The van der Waals surface area contributed by atoms with Crippen molar-refractivity contribution in [2.24, 2.45) is 4.99 Å². The van der Waals surface area contributed by atoms with Crippen molar-refractivity contribution in [3.05, 3.63) is 47.9 Å². The van der Waals surface area contributed by atoms with Gasteiger partial charge in [-0.25, -0.2) is 14.1 Å². The highest BCUT2D eigenvalue weighted by atomic mass is 127. The highest BCUT2D eigenvalue weighted by molar-refractivity contribution is 14.0. The highest BCUT2D eigenvalue weighted by Crippen LogP contribution is 2.19. The molecular weight excluding hydrogens is 460 g/mol. The molecule has 0 saturated carbocycles. The van der Waals surface area contributed by atoms with Gasteiger partial charge >= 0.3 is 0 Å². The summed E-state index contributed by atoms with van der Waals surface area (Å²) in [5.74, 6) is 1.59. The van der Waals surface area contributed by atoms with Crippen molar-refractivity contribution in [1.29, 1.82) is 0 Å². The topological polar surface area (TPSA) is 82.9 Å². The Bertz CT molecular complexity index is 933. The minimum atomic E-state index is -0.214. The summed E-state index contributed by atoms with van der Waals surface area (Å²) < 4.78 is 15.4. The second kappa shape index (κ2) is 8.68. The second-order valence-corrected chi connectivity index (χ2v) is 6.49. The number of aliphatic imine (C=N–C) groups is 1. The number of nitrogens with zero attached hydrogens (tertiary/aromatic N) is 4. The van der Waals surface area contributed by atoms with Gasteiger partial charge in [0.2, 0.25) is 0 Å². The van der Waals surface area contributed by atoms with E-state index in [0.717, 1.165) is 54.1 Å². The molecule has 1 aliphatic rings. The van der Waals surface area contributed by atoms with Gasteiger partial charge in [-0.05, 0) is 36.6 Å². The summed E-state index contributed by atoms with van der Waals surface area (Å²) >= 11 is 0. The van der Waals surface area contributed by atoms with E-state index >= 15 is 0 Å². The number of halogens is 2. The molecule has 1 atom stereocenters. The standard InChI is InChI=1S/C18H22FN7.HI/c1-20-18(25-14-3-5-17-23-11-24-26(17)10-14)21-7-6-12-9-22-16-4-2-13(19)8-15(12)16;/h2,4,8-9,11,14,22H,3,5-7,10H2,1H3,(H2,20,21,25);1H. The Labute approximate surface area is 173 Å². The van der Waals surface area contributed by atoms with Gasteiger partial charge in [0.1, 0.15) is 18.0 Å². The van der Waals surface area contributed by atoms with Crippen LogP contribution in [0.5, 0.6) is 0 Å². The van der Waals surface area contributed by atoms with Crippen molar-refractivity contribution < 1.29 is 4.39 Å². The molecule has 9 heteroatoms. The Morgan fingerprint density at radius 3 is 3.19 bits per heavy atom. The lowest BCUT2D eigenvalue weighted by molar-refractivity contribution is 0.393. The summed E-state index contributed by atoms with van der Waals surface area (Å²) in [6.45, 7) is 1.50. The van der Waals surface area contributed by atoms with Crippen molar-refractivity contribution >= 4 is 40.8 Å². The van der Waals surface area contributed by atoms with Gasteiger partial charge in [0, 0.05) is 43.2 Å². The van der Waals surface area contributed by atoms with Crippen LogP contribution in [0.4, 0.5) is 4.39 Å². The summed E-state index contributed by atoms with van der Waals surface area (Å²) in [4.78, 5) is 11.7. The molecule has 0 aliphatic carbocycles. The molecule has 0 fully saturated rings. The number of aryl methyl sites for hydroxylation is 1. The van der Waals surface area contributed by atoms with Crippen LogP contribution in [0.1, 0.15) is 17.8 Å². The number of H-pyrrole nitrogens is 1. The summed E-state index contributed by atoms with van der Waals surface area (Å²) in [6.07, 6.45) is 6.24. The van der Waals surface area contributed by atoms with Crippen LogP contribution in [-0.4, -0.2) is 45.3 Å². The molecule has 144 valence electrons. The zero-order chi connectivity index (χ0) is 17.9. The van der Waals surface area contributed by atoms with E-state index in [9.17, 15) is 4.39 Å². The largest absolute Gasteiger partial charge is 0.361 e. The number of aromatic amines is 1. The fourth-order valence-electron chi connectivity index (χ4n) is 3.42. The van der Waals surface area contributed by atoms with Crippen LogP contribution >= 0.6 is 24.0 Å². The lowest BCUT2D eigenvalue weighted by Gasteiger charge is -2.25. The molecule has 27 heavy (non-hydrogen) atoms. The zero-order valence-corrected chi connectivity index (χ0v) is 17.4. The zero-order valence-electron chi connectivity index (χ0n) is 15.1. The van der Waals surface area contributed by atoms with Crippen molar-refractivity contribution in [3.8, 4) is 0 Å². The maximum Gasteiger partial charge on any atom is 0.191 e. The molecule has 3 aromatic rings. The number of aromatic nitrogens is 4. The molecule has 3 heterocycles. The molecule has 0 amide bonds. The Morgan fingerprint density at radius 1 is 1.44 bits per heavy atom. The van der Waals surface area contributed by atoms with Gasteiger partial charge in [0.05, 0.1) is 6.54 Å². The van der Waals surface area contributed by atoms with Crippen LogP contribution in [0.25, 0.3) is 10.9 Å². The van der Waals surface area contributed by atoms with Crippen molar-refractivity contribution in [2.75, 3.05) is 13.6 Å². The lowest BCUT2D eigenvalue weighted by Crippen LogP contribution is -2.47. The first-order valence-electron chi connectivity index (χ1n) is 8.82. The van der Waals surface area contributed by atoms with Gasteiger partial charge in [-0.3, -0.25) is 4.99 Å². The summed E-state index contributed by atoms with van der Waals surface area (Å²) in [5, 5.41) is 12.0. The first-order chi connectivity index (χ1) is 12.7. The molecule has 2 aromatic heterocycles. The van der Waals surface area contributed by atoms with Gasteiger partial charge in [0.25, 0.3) is 0 Å². The second-order valence-electron chi connectivity index (χ2n) is 6.49. The number of benzene rings is 1. The first-order valence-corrected chi connectivity index (χ1v) is 8.82. The molecule has 0 spiro atoms. The van der Waals surface area contributed by atoms with E-state index in [1.54, 1.807) is 25.5 Å². The first kappa shape index (κ1) is 19.6. The lowest BCUT2D eigenvalue weighted by atomic mass is 10.1. The molecule has 1 aliphatic heterocycles. The highest BCUT2D eigenvalue weighted by Gasteiger charge is 2.20. The van der Waals surface area contributed by atoms with Crippen LogP contribution in [0.15, 0.2) is 35.7 Å².